The average molecular weight is 526 g/mol. The second kappa shape index (κ2) is 6.50. The van der Waals surface area contributed by atoms with Gasteiger partial charge in [-0.1, -0.05) is 12.1 Å². The molecule has 3 nitrogen and oxygen atoms in total. The Kier molecular flexibility index (Phi) is 4.19. The highest BCUT2D eigenvalue weighted by Crippen LogP contribution is 2.52. The van der Waals surface area contributed by atoms with E-state index >= 15 is 0 Å². The highest BCUT2D eigenvalue weighted by molar-refractivity contribution is 9.11. The molecule has 0 bridgehead atoms. The van der Waals surface area contributed by atoms with Gasteiger partial charge in [-0.15, -0.1) is 0 Å². The Morgan fingerprint density at radius 1 is 0.714 bits per heavy atom. The van der Waals surface area contributed by atoms with Gasteiger partial charge in [0.2, 0.25) is 0 Å². The zero-order valence-corrected chi connectivity index (χ0v) is 17.8. The minimum atomic E-state index is -2.10. The van der Waals surface area contributed by atoms with Gasteiger partial charge in [0.1, 0.15) is 11.6 Å². The van der Waals surface area contributed by atoms with Crippen molar-refractivity contribution in [2.45, 2.75) is 0 Å². The van der Waals surface area contributed by atoms with Crippen molar-refractivity contribution >= 4 is 64.8 Å². The summed E-state index contributed by atoms with van der Waals surface area (Å²) < 4.78 is 52.2. The zero-order valence-electron chi connectivity index (χ0n) is 13.8. The van der Waals surface area contributed by atoms with Gasteiger partial charge in [-0.2, -0.15) is 4.21 Å². The van der Waals surface area contributed by atoms with E-state index in [9.17, 15) is 13.0 Å². The molecule has 0 radical (unpaired) electrons. The van der Waals surface area contributed by atoms with Crippen molar-refractivity contribution in [1.29, 1.82) is 0 Å². The lowest BCUT2D eigenvalue weighted by atomic mass is 9.92. The summed E-state index contributed by atoms with van der Waals surface area (Å²) in [6.45, 7) is 0. The number of rotatable bonds is 0. The van der Waals surface area contributed by atoms with E-state index in [0.29, 0.717) is 53.1 Å². The first-order chi connectivity index (χ1) is 13.4. The summed E-state index contributed by atoms with van der Waals surface area (Å²) in [5, 5.41) is 2.63. The molecule has 28 heavy (non-hydrogen) atoms. The molecule has 1 aliphatic heterocycles. The molecule has 0 saturated carbocycles. The summed E-state index contributed by atoms with van der Waals surface area (Å²) in [5.41, 5.74) is 1.17. The molecule has 140 valence electrons. The van der Waals surface area contributed by atoms with Gasteiger partial charge in [0.25, 0.3) is 0 Å². The van der Waals surface area contributed by atoms with E-state index in [2.05, 4.69) is 31.9 Å². The van der Waals surface area contributed by atoms with Crippen LogP contribution in [0.3, 0.4) is 0 Å². The Balaban J connectivity index is 2.05. The first-order valence-electron chi connectivity index (χ1n) is 8.04. The maximum absolute atomic E-state index is 13.8. The largest absolute Gasteiger partial charge is 0.417 e. The average Bonchev–Trinajstić information content (AvgIpc) is 2.79. The molecule has 1 heterocycles. The smallest absolute Gasteiger partial charge is 0.369 e. The minimum Gasteiger partial charge on any atom is -0.369 e. The molecule has 8 heteroatoms. The molecule has 4 aromatic carbocycles. The summed E-state index contributed by atoms with van der Waals surface area (Å²) in [4.78, 5) is 0. The van der Waals surface area contributed by atoms with E-state index in [0.717, 1.165) is 0 Å². The van der Waals surface area contributed by atoms with Crippen molar-refractivity contribution in [3.8, 4) is 22.6 Å². The Morgan fingerprint density at radius 2 is 1.14 bits per heavy atom. The van der Waals surface area contributed by atoms with Crippen molar-refractivity contribution in [2.24, 2.45) is 0 Å². The zero-order chi connectivity index (χ0) is 19.6. The van der Waals surface area contributed by atoms with Gasteiger partial charge in [0, 0.05) is 11.1 Å². The van der Waals surface area contributed by atoms with Crippen LogP contribution in [0.25, 0.3) is 32.7 Å². The van der Waals surface area contributed by atoms with Crippen LogP contribution in [0.1, 0.15) is 0 Å². The third-order valence-corrected chi connectivity index (χ3v) is 6.35. The predicted octanol–water partition coefficient (Wildman–Crippen LogP) is 6.81. The normalized spacial score (nSPS) is 13.6. The highest BCUT2D eigenvalue weighted by atomic mass is 79.9. The van der Waals surface area contributed by atoms with Crippen LogP contribution in [0.5, 0.6) is 11.5 Å². The fourth-order valence-corrected chi connectivity index (χ4v) is 5.38. The first kappa shape index (κ1) is 18.0. The van der Waals surface area contributed by atoms with Gasteiger partial charge in [0.05, 0.1) is 8.95 Å². The van der Waals surface area contributed by atoms with Crippen molar-refractivity contribution < 1.29 is 21.4 Å². The van der Waals surface area contributed by atoms with E-state index < -0.39 is 11.4 Å². The summed E-state index contributed by atoms with van der Waals surface area (Å²) in [6, 6.07) is 12.2. The van der Waals surface area contributed by atoms with Gasteiger partial charge in [-0.05, 0) is 89.8 Å². The quantitative estimate of drug-likeness (QED) is 0.253. The van der Waals surface area contributed by atoms with Gasteiger partial charge in [-0.25, -0.2) is 8.78 Å². The van der Waals surface area contributed by atoms with E-state index in [1.807, 2.05) is 0 Å². The summed E-state index contributed by atoms with van der Waals surface area (Å²) in [6.07, 6.45) is 0. The third kappa shape index (κ3) is 2.74. The van der Waals surface area contributed by atoms with E-state index in [1.165, 1.54) is 24.3 Å². The summed E-state index contributed by atoms with van der Waals surface area (Å²) in [5.74, 6) is -0.148. The lowest BCUT2D eigenvalue weighted by Gasteiger charge is -2.15. The van der Waals surface area contributed by atoms with Crippen molar-refractivity contribution in [2.75, 3.05) is 0 Å². The summed E-state index contributed by atoms with van der Waals surface area (Å²) in [7, 11) is 0. The monoisotopic (exact) mass is 524 g/mol. The Bertz CT molecular complexity index is 1240. The molecule has 0 spiro atoms. The number of benzene rings is 4. The molecular weight excluding hydrogens is 518 g/mol. The van der Waals surface area contributed by atoms with Gasteiger partial charge in [0.15, 0.2) is 11.5 Å². The Morgan fingerprint density at radius 3 is 1.57 bits per heavy atom. The fourth-order valence-electron chi connectivity index (χ4n) is 3.46. The maximum Gasteiger partial charge on any atom is 0.417 e. The SMILES string of the molecule is O=S1Oc2c(Br)cc3cc(F)ccc3c2-c2c(c(Br)cc3cc(F)ccc23)O1. The lowest BCUT2D eigenvalue weighted by Crippen LogP contribution is -2.06. The molecule has 0 aromatic heterocycles. The maximum atomic E-state index is 13.8. The second-order valence-electron chi connectivity index (χ2n) is 6.23. The molecule has 0 aliphatic carbocycles. The number of halogens is 4. The van der Waals surface area contributed by atoms with Crippen molar-refractivity contribution in [1.82, 2.24) is 0 Å². The van der Waals surface area contributed by atoms with Crippen LogP contribution in [0.2, 0.25) is 0 Å². The van der Waals surface area contributed by atoms with Gasteiger partial charge >= 0.3 is 11.4 Å². The molecule has 0 amide bonds. The topological polar surface area (TPSA) is 35.5 Å². The summed E-state index contributed by atoms with van der Waals surface area (Å²) >= 11 is 4.75. The fraction of sp³-hybridized carbons (Fsp3) is 0. The van der Waals surface area contributed by atoms with E-state index in [4.69, 9.17) is 8.37 Å². The number of fused-ring (bicyclic) bond motifs is 7. The predicted molar refractivity (Wildman–Crippen MR) is 112 cm³/mol. The molecular formula is C20H8Br2F2O3S. The molecule has 0 saturated heterocycles. The Labute approximate surface area is 177 Å². The Hall–Kier alpha value is -2.03. The standard InChI is InChI=1S/C20H8Br2F2O3S/c21-15-7-9-5-11(23)1-3-13(9)17-18-14-4-2-12(24)6-10(14)8-16(22)20(18)27-28(25)26-19(15)17/h1-8H. The molecule has 0 fully saturated rings. The molecule has 0 atom stereocenters. The van der Waals surface area contributed by atoms with Crippen LogP contribution >= 0.6 is 31.9 Å². The molecule has 0 N–H and O–H groups in total. The molecule has 5 rings (SSSR count). The molecule has 1 aliphatic rings. The van der Waals surface area contributed by atoms with Crippen LogP contribution in [-0.2, 0) is 11.4 Å². The van der Waals surface area contributed by atoms with E-state index in [-0.39, 0.29) is 11.6 Å². The lowest BCUT2D eigenvalue weighted by molar-refractivity contribution is 0.467. The van der Waals surface area contributed by atoms with Crippen LogP contribution in [0, 0.1) is 11.6 Å². The molecule has 4 aromatic rings. The van der Waals surface area contributed by atoms with Crippen LogP contribution in [0.15, 0.2) is 57.5 Å². The number of hydrogen-bond donors (Lipinski definition) is 0. The molecule has 0 unspecified atom stereocenters. The van der Waals surface area contributed by atoms with E-state index in [1.54, 1.807) is 24.3 Å². The van der Waals surface area contributed by atoms with Gasteiger partial charge in [-0.3, -0.25) is 0 Å². The third-order valence-electron chi connectivity index (χ3n) is 4.57. The van der Waals surface area contributed by atoms with Crippen LogP contribution < -0.4 is 8.37 Å². The van der Waals surface area contributed by atoms with Gasteiger partial charge < -0.3 is 8.37 Å². The first-order valence-corrected chi connectivity index (χ1v) is 10.6. The minimum absolute atomic E-state index is 0.305. The van der Waals surface area contributed by atoms with Crippen molar-refractivity contribution in [3.63, 3.8) is 0 Å². The second-order valence-corrected chi connectivity index (χ2v) is 8.68. The van der Waals surface area contributed by atoms with Crippen LogP contribution in [-0.4, -0.2) is 4.21 Å². The van der Waals surface area contributed by atoms with Crippen LogP contribution in [0.4, 0.5) is 8.78 Å². The highest BCUT2D eigenvalue weighted by Gasteiger charge is 2.29. The van der Waals surface area contributed by atoms with Crippen molar-refractivity contribution in [3.05, 3.63) is 69.1 Å². The number of hydrogen-bond acceptors (Lipinski definition) is 3.